The van der Waals surface area contributed by atoms with E-state index in [0.717, 1.165) is 29.9 Å². The smallest absolute Gasteiger partial charge is 0.250 e. The zero-order chi connectivity index (χ0) is 30.0. The van der Waals surface area contributed by atoms with Crippen LogP contribution >= 0.6 is 0 Å². The quantitative estimate of drug-likeness (QED) is 0.265. The van der Waals surface area contributed by atoms with Gasteiger partial charge in [0.15, 0.2) is 11.9 Å². The highest BCUT2D eigenvalue weighted by atomic mass is 28.4. The van der Waals surface area contributed by atoms with E-state index in [9.17, 15) is 4.79 Å². The Balaban J connectivity index is 1.69. The van der Waals surface area contributed by atoms with E-state index in [2.05, 4.69) is 90.3 Å². The molecule has 1 aliphatic heterocycles. The average Bonchev–Trinajstić information content (AvgIpc) is 3.17. The minimum atomic E-state index is -2.22. The number of Topliss-reactive ketones (excluding diaryl/α,β-unsaturated/α-hetero) is 1. The summed E-state index contributed by atoms with van der Waals surface area (Å²) >= 11 is 0. The van der Waals surface area contributed by atoms with Crippen molar-refractivity contribution in [2.45, 2.75) is 109 Å². The second-order valence-electron chi connectivity index (χ2n) is 13.9. The maximum Gasteiger partial charge on any atom is 0.250 e. The number of hydrogen-bond donors (Lipinski definition) is 0. The van der Waals surface area contributed by atoms with Crippen molar-refractivity contribution in [1.29, 1.82) is 0 Å². The summed E-state index contributed by atoms with van der Waals surface area (Å²) in [7, 11) is -2.59. The molecular weight excluding hydrogens is 545 g/mol. The molecule has 2 aromatic rings. The maximum atomic E-state index is 13.9. The molecule has 5 nitrogen and oxygen atoms in total. The fraction of sp³-hybridized carbons (Fsp3) is 0.559. The van der Waals surface area contributed by atoms with E-state index < -0.39 is 22.5 Å². The van der Waals surface area contributed by atoms with Gasteiger partial charge < -0.3 is 18.6 Å². The lowest BCUT2D eigenvalue weighted by Gasteiger charge is -2.42. The molecular formula is C34H50O5Si2. The molecule has 0 spiro atoms. The Labute approximate surface area is 249 Å². The molecule has 4 rings (SSSR count). The number of hydrogen-bond acceptors (Lipinski definition) is 5. The van der Waals surface area contributed by atoms with Crippen molar-refractivity contribution in [3.8, 4) is 5.75 Å². The topological polar surface area (TPSA) is 54.0 Å². The van der Waals surface area contributed by atoms with Gasteiger partial charge in [-0.15, -0.1) is 0 Å². The molecule has 2 aliphatic rings. The fourth-order valence-electron chi connectivity index (χ4n) is 6.00. The highest BCUT2D eigenvalue weighted by molar-refractivity contribution is 6.91. The molecule has 1 fully saturated rings. The molecule has 41 heavy (non-hydrogen) atoms. The minimum Gasteiger partial charge on any atom is -0.544 e. The lowest BCUT2D eigenvalue weighted by molar-refractivity contribution is -0.139. The molecule has 2 aromatic carbocycles. The number of ether oxygens (including phenoxy) is 3. The van der Waals surface area contributed by atoms with Crippen LogP contribution in [0.15, 0.2) is 66.4 Å². The third kappa shape index (κ3) is 7.07. The molecule has 0 saturated carbocycles. The first-order valence-electron chi connectivity index (χ1n) is 15.2. The fourth-order valence-corrected chi connectivity index (χ4v) is 10.5. The number of methoxy groups -OCH3 is 1. The Morgan fingerprint density at radius 3 is 2.24 bits per heavy atom. The highest BCUT2D eigenvalue weighted by Gasteiger charge is 2.50. The summed E-state index contributed by atoms with van der Waals surface area (Å²) in [5.41, 5.74) is 1.34. The number of allylic oxidation sites excluding steroid dienone is 1. The third-order valence-corrected chi connectivity index (χ3v) is 18.2. The minimum absolute atomic E-state index is 0.00592. The van der Waals surface area contributed by atoms with Crippen LogP contribution in [0.5, 0.6) is 5.75 Å². The predicted octanol–water partition coefficient (Wildman–Crippen LogP) is 7.63. The molecule has 2 bridgehead atoms. The van der Waals surface area contributed by atoms with E-state index in [-0.39, 0.29) is 34.5 Å². The van der Waals surface area contributed by atoms with Crippen molar-refractivity contribution in [3.05, 3.63) is 72.0 Å². The number of carbonyl (C=O) groups excluding carboxylic acids is 1. The van der Waals surface area contributed by atoms with E-state index in [1.807, 2.05) is 24.3 Å². The summed E-state index contributed by atoms with van der Waals surface area (Å²) in [4.78, 5) is 13.9. The van der Waals surface area contributed by atoms with Gasteiger partial charge in [-0.25, -0.2) is 0 Å². The summed E-state index contributed by atoms with van der Waals surface area (Å²) in [6.07, 6.45) is 3.47. The zero-order valence-electron chi connectivity index (χ0n) is 26.5. The molecule has 0 aromatic heterocycles. The average molecular weight is 595 g/mol. The molecule has 1 aliphatic carbocycles. The summed E-state index contributed by atoms with van der Waals surface area (Å²) in [6, 6.07) is 18.9. The van der Waals surface area contributed by atoms with Gasteiger partial charge in [-0.3, -0.25) is 4.79 Å². The van der Waals surface area contributed by atoms with Crippen LogP contribution in [0.2, 0.25) is 36.8 Å². The second-order valence-corrected chi connectivity index (χ2v) is 23.3. The highest BCUT2D eigenvalue weighted by Crippen LogP contribution is 2.47. The summed E-state index contributed by atoms with van der Waals surface area (Å²) in [5, 5.41) is 1.41. The van der Waals surface area contributed by atoms with Gasteiger partial charge in [-0.2, -0.15) is 0 Å². The Morgan fingerprint density at radius 1 is 1.00 bits per heavy atom. The summed E-state index contributed by atoms with van der Waals surface area (Å²) < 4.78 is 25.6. The molecule has 0 N–H and O–H groups in total. The van der Waals surface area contributed by atoms with Crippen molar-refractivity contribution in [2.75, 3.05) is 7.11 Å². The van der Waals surface area contributed by atoms with Crippen LogP contribution in [0, 0.1) is 5.92 Å². The van der Waals surface area contributed by atoms with Gasteiger partial charge in [0.2, 0.25) is 8.32 Å². The first-order chi connectivity index (χ1) is 19.3. The van der Waals surface area contributed by atoms with Crippen molar-refractivity contribution >= 4 is 27.4 Å². The number of carbonyl (C=O) groups is 1. The van der Waals surface area contributed by atoms with E-state index in [0.29, 0.717) is 13.0 Å². The van der Waals surface area contributed by atoms with Crippen LogP contribution in [-0.4, -0.2) is 47.6 Å². The van der Waals surface area contributed by atoms with E-state index >= 15 is 0 Å². The zero-order valence-corrected chi connectivity index (χ0v) is 28.5. The van der Waals surface area contributed by atoms with Crippen LogP contribution in [0.3, 0.4) is 0 Å². The van der Waals surface area contributed by atoms with E-state index in [1.54, 1.807) is 7.11 Å². The number of fused-ring (bicyclic) bond motifs is 3. The van der Waals surface area contributed by atoms with E-state index in [4.69, 9.17) is 18.6 Å². The van der Waals surface area contributed by atoms with Gasteiger partial charge >= 0.3 is 0 Å². The van der Waals surface area contributed by atoms with Gasteiger partial charge in [-0.05, 0) is 66.2 Å². The Bertz CT molecular complexity index is 1200. The van der Waals surface area contributed by atoms with Gasteiger partial charge in [0.1, 0.15) is 11.5 Å². The normalized spacial score (nSPS) is 24.3. The van der Waals surface area contributed by atoms with Gasteiger partial charge in [0.05, 0.1) is 34.0 Å². The van der Waals surface area contributed by atoms with Crippen LogP contribution in [0.4, 0.5) is 0 Å². The molecule has 1 saturated heterocycles. The van der Waals surface area contributed by atoms with Crippen LogP contribution in [0.25, 0.3) is 0 Å². The molecule has 0 unspecified atom stereocenters. The van der Waals surface area contributed by atoms with Crippen LogP contribution in [0.1, 0.15) is 52.5 Å². The predicted molar refractivity (Wildman–Crippen MR) is 172 cm³/mol. The molecule has 0 amide bonds. The Morgan fingerprint density at radius 2 is 1.66 bits per heavy atom. The first-order valence-corrected chi connectivity index (χ1v) is 21.1. The lowest BCUT2D eigenvalue weighted by Crippen LogP contribution is -2.49. The molecule has 224 valence electrons. The van der Waals surface area contributed by atoms with Crippen molar-refractivity contribution in [3.63, 3.8) is 0 Å². The van der Waals surface area contributed by atoms with Gasteiger partial charge in [0.25, 0.3) is 0 Å². The molecule has 1 heterocycles. The SMILES string of the molecule is CC[C@@H](OCc1ccc(OC)cc1)[C@H]1C[C@@H]2CC(=O)[C@H](O1)C(O[Si](C)(C)C(C)(C)C)=C[C@H]2[Si](C)(C)c1ccccc1. The number of benzene rings is 2. The first kappa shape index (κ1) is 31.7. The third-order valence-electron chi connectivity index (χ3n) is 9.68. The Kier molecular flexibility index (Phi) is 9.74. The summed E-state index contributed by atoms with van der Waals surface area (Å²) in [6.45, 7) is 18.8. The standard InChI is InChI=1S/C34H50O5Si2/c1-10-29(37-23-24-16-18-26(36-5)19-17-24)30-21-25-20-28(35)33(38-30)31(39-41(8,9)34(2,3)4)22-32(25)40(6,7)27-14-12-11-13-15-27/h11-19,22,25,29-30,32-33H,10,20-21,23H2,1-9H3/t25-,29+,30+,32+,33-/m0/s1. The summed E-state index contributed by atoms with van der Waals surface area (Å²) in [5.74, 6) is 1.91. The van der Waals surface area contributed by atoms with E-state index in [1.165, 1.54) is 5.19 Å². The molecule has 5 atom stereocenters. The second kappa shape index (κ2) is 12.6. The molecule has 0 radical (unpaired) electrons. The van der Waals surface area contributed by atoms with Crippen LogP contribution < -0.4 is 9.92 Å². The van der Waals surface area contributed by atoms with Gasteiger partial charge in [-0.1, -0.05) is 88.4 Å². The monoisotopic (exact) mass is 594 g/mol. The van der Waals surface area contributed by atoms with Gasteiger partial charge in [0, 0.05) is 6.42 Å². The van der Waals surface area contributed by atoms with Crippen LogP contribution in [-0.2, 0) is 25.3 Å². The number of ketones is 1. The number of rotatable bonds is 10. The lowest BCUT2D eigenvalue weighted by atomic mass is 9.91. The molecule has 7 heteroatoms. The maximum absolute atomic E-state index is 13.9. The van der Waals surface area contributed by atoms with Crippen molar-refractivity contribution in [1.82, 2.24) is 0 Å². The van der Waals surface area contributed by atoms with Crippen molar-refractivity contribution in [2.24, 2.45) is 5.92 Å². The van der Waals surface area contributed by atoms with Crippen molar-refractivity contribution < 1.29 is 23.4 Å². The Hall–Kier alpha value is -2.20. The largest absolute Gasteiger partial charge is 0.544 e.